The molecule has 0 fully saturated rings. The van der Waals surface area contributed by atoms with Crippen LogP contribution in [0.25, 0.3) is 10.4 Å². The van der Waals surface area contributed by atoms with Crippen LogP contribution in [-0.2, 0) is 4.74 Å². The second-order valence-electron chi connectivity index (χ2n) is 4.01. The summed E-state index contributed by atoms with van der Waals surface area (Å²) in [5, 5.41) is 22.9. The number of nitrogens with zero attached hydrogens (tertiary/aromatic N) is 3. The summed E-state index contributed by atoms with van der Waals surface area (Å²) < 4.78 is 4.61. The molecule has 0 amide bonds. The lowest BCUT2D eigenvalue weighted by molar-refractivity contribution is 0.0228. The molecular formula is C12H15N3O4. The Labute approximate surface area is 110 Å². The van der Waals surface area contributed by atoms with Crippen LogP contribution >= 0.6 is 0 Å². The maximum absolute atomic E-state index is 11.6. The van der Waals surface area contributed by atoms with Crippen molar-refractivity contribution in [3.63, 3.8) is 0 Å². The zero-order chi connectivity index (χ0) is 14.4. The Kier molecular flexibility index (Phi) is 5.32. The average molecular weight is 265 g/mol. The average Bonchev–Trinajstić information content (AvgIpc) is 2.42. The van der Waals surface area contributed by atoms with Crippen molar-refractivity contribution < 1.29 is 19.7 Å². The lowest BCUT2D eigenvalue weighted by Gasteiger charge is -2.19. The minimum absolute atomic E-state index is 0.167. The molecule has 1 aromatic rings. The Morgan fingerprint density at radius 3 is 2.79 bits per heavy atom. The van der Waals surface area contributed by atoms with E-state index in [1.54, 1.807) is 19.1 Å². The maximum atomic E-state index is 11.6. The summed E-state index contributed by atoms with van der Waals surface area (Å²) in [5.41, 5.74) is 9.41. The molecule has 0 bridgehead atoms. The topological polar surface area (TPSA) is 116 Å². The van der Waals surface area contributed by atoms with Crippen molar-refractivity contribution in [2.75, 3.05) is 13.7 Å². The summed E-state index contributed by atoms with van der Waals surface area (Å²) in [5.74, 6) is -0.606. The van der Waals surface area contributed by atoms with Crippen molar-refractivity contribution in [3.05, 3.63) is 45.3 Å². The Bertz CT molecular complexity index is 512. The van der Waals surface area contributed by atoms with Gasteiger partial charge >= 0.3 is 5.97 Å². The molecule has 2 unspecified atom stereocenters. The molecule has 2 N–H and O–H groups in total. The number of carbonyl (C=O) groups excluding carboxylic acids is 1. The molecule has 0 saturated heterocycles. The lowest BCUT2D eigenvalue weighted by Crippen LogP contribution is -2.23. The zero-order valence-electron chi connectivity index (χ0n) is 10.6. The molecule has 0 heterocycles. The van der Waals surface area contributed by atoms with Gasteiger partial charge in [0.15, 0.2) is 0 Å². The summed E-state index contributed by atoms with van der Waals surface area (Å²) in [6, 6.07) is 4.79. The van der Waals surface area contributed by atoms with Crippen molar-refractivity contribution in [2.24, 2.45) is 5.11 Å². The van der Waals surface area contributed by atoms with Crippen molar-refractivity contribution in [2.45, 2.75) is 19.1 Å². The quantitative estimate of drug-likeness (QED) is 0.363. The second kappa shape index (κ2) is 6.75. The fraction of sp³-hybridized carbons (Fsp3) is 0.417. The van der Waals surface area contributed by atoms with Crippen LogP contribution in [0.4, 0.5) is 0 Å². The van der Waals surface area contributed by atoms with Gasteiger partial charge in [-0.05, 0) is 24.1 Å². The SMILES string of the molecule is COC(=O)c1ccc(C)cc1C(O)C(O)CN=[N+]=[N-]. The number of aryl methyl sites for hydroxylation is 1. The van der Waals surface area contributed by atoms with Gasteiger partial charge in [0, 0.05) is 4.91 Å². The molecule has 19 heavy (non-hydrogen) atoms. The van der Waals surface area contributed by atoms with Crippen LogP contribution in [0.5, 0.6) is 0 Å². The molecule has 102 valence electrons. The van der Waals surface area contributed by atoms with Gasteiger partial charge in [0.2, 0.25) is 0 Å². The molecule has 0 radical (unpaired) electrons. The van der Waals surface area contributed by atoms with Crippen LogP contribution in [0.3, 0.4) is 0 Å². The standard InChI is InChI=1S/C12H15N3O4/c1-7-3-4-8(12(18)19-2)9(5-7)11(17)10(16)6-14-15-13/h3-5,10-11,16-17H,6H2,1-2H3. The van der Waals surface area contributed by atoms with Gasteiger partial charge in [0.1, 0.15) is 6.10 Å². The van der Waals surface area contributed by atoms with Crippen molar-refractivity contribution in [1.82, 2.24) is 0 Å². The number of esters is 1. The van der Waals surface area contributed by atoms with Crippen molar-refractivity contribution >= 4 is 5.97 Å². The van der Waals surface area contributed by atoms with Crippen LogP contribution in [0.1, 0.15) is 27.6 Å². The molecule has 0 aliphatic rings. The molecule has 0 aliphatic heterocycles. The van der Waals surface area contributed by atoms with Crippen LogP contribution in [0.2, 0.25) is 0 Å². The van der Waals surface area contributed by atoms with Crippen LogP contribution < -0.4 is 0 Å². The van der Waals surface area contributed by atoms with Gasteiger partial charge in [0.25, 0.3) is 0 Å². The number of hydrogen-bond donors (Lipinski definition) is 2. The maximum Gasteiger partial charge on any atom is 0.338 e. The largest absolute Gasteiger partial charge is 0.465 e. The fourth-order valence-corrected chi connectivity index (χ4v) is 1.65. The van der Waals surface area contributed by atoms with Gasteiger partial charge < -0.3 is 14.9 Å². The van der Waals surface area contributed by atoms with Crippen molar-refractivity contribution in [3.8, 4) is 0 Å². The number of ether oxygens (including phenoxy) is 1. The summed E-state index contributed by atoms with van der Waals surface area (Å²) in [6.45, 7) is 1.50. The first-order valence-corrected chi connectivity index (χ1v) is 5.57. The molecule has 0 aliphatic carbocycles. The number of hydrogen-bond acceptors (Lipinski definition) is 5. The van der Waals surface area contributed by atoms with Crippen LogP contribution in [0, 0.1) is 6.92 Å². The third-order valence-corrected chi connectivity index (χ3v) is 2.63. The zero-order valence-corrected chi connectivity index (χ0v) is 10.6. The number of benzene rings is 1. The van der Waals surface area contributed by atoms with E-state index >= 15 is 0 Å². The van der Waals surface area contributed by atoms with Gasteiger partial charge in [-0.15, -0.1) is 0 Å². The van der Waals surface area contributed by atoms with E-state index in [9.17, 15) is 15.0 Å². The lowest BCUT2D eigenvalue weighted by atomic mass is 9.96. The highest BCUT2D eigenvalue weighted by Gasteiger charge is 2.23. The Morgan fingerprint density at radius 1 is 1.53 bits per heavy atom. The minimum Gasteiger partial charge on any atom is -0.465 e. The second-order valence-corrected chi connectivity index (χ2v) is 4.01. The molecule has 1 aromatic carbocycles. The Morgan fingerprint density at radius 2 is 2.21 bits per heavy atom. The highest BCUT2D eigenvalue weighted by atomic mass is 16.5. The summed E-state index contributed by atoms with van der Waals surface area (Å²) in [4.78, 5) is 14.1. The molecule has 7 nitrogen and oxygen atoms in total. The van der Waals surface area contributed by atoms with E-state index in [1.807, 2.05) is 0 Å². The van der Waals surface area contributed by atoms with Crippen LogP contribution in [-0.4, -0.2) is 35.9 Å². The van der Waals surface area contributed by atoms with E-state index < -0.39 is 18.2 Å². The fourth-order valence-electron chi connectivity index (χ4n) is 1.65. The molecular weight excluding hydrogens is 250 g/mol. The van der Waals surface area contributed by atoms with E-state index in [2.05, 4.69) is 14.8 Å². The van der Waals surface area contributed by atoms with E-state index in [0.717, 1.165) is 5.56 Å². The number of rotatable bonds is 5. The Balaban J connectivity index is 3.12. The highest BCUT2D eigenvalue weighted by Crippen LogP contribution is 2.23. The summed E-state index contributed by atoms with van der Waals surface area (Å²) in [6.07, 6.45) is -2.62. The number of azide groups is 1. The molecule has 0 saturated carbocycles. The molecule has 2 atom stereocenters. The van der Waals surface area contributed by atoms with Gasteiger partial charge in [-0.2, -0.15) is 0 Å². The van der Waals surface area contributed by atoms with Gasteiger partial charge in [-0.1, -0.05) is 22.8 Å². The van der Waals surface area contributed by atoms with E-state index in [-0.39, 0.29) is 17.7 Å². The van der Waals surface area contributed by atoms with Crippen LogP contribution in [0.15, 0.2) is 23.3 Å². The highest BCUT2D eigenvalue weighted by molar-refractivity contribution is 5.91. The van der Waals surface area contributed by atoms with E-state index in [4.69, 9.17) is 5.53 Å². The van der Waals surface area contributed by atoms with E-state index in [1.165, 1.54) is 13.2 Å². The first-order valence-electron chi connectivity index (χ1n) is 5.57. The molecule has 0 aromatic heterocycles. The number of carbonyl (C=O) groups is 1. The number of aliphatic hydroxyl groups excluding tert-OH is 2. The van der Waals surface area contributed by atoms with E-state index in [0.29, 0.717) is 0 Å². The number of aliphatic hydroxyl groups is 2. The minimum atomic E-state index is -1.33. The molecule has 7 heteroatoms. The van der Waals surface area contributed by atoms with Crippen molar-refractivity contribution in [1.29, 1.82) is 0 Å². The first kappa shape index (κ1) is 15.0. The monoisotopic (exact) mass is 265 g/mol. The summed E-state index contributed by atoms with van der Waals surface area (Å²) >= 11 is 0. The number of methoxy groups -OCH3 is 1. The van der Waals surface area contributed by atoms with Gasteiger partial charge in [-0.25, -0.2) is 4.79 Å². The molecule has 0 spiro atoms. The predicted octanol–water partition coefficient (Wildman–Crippen LogP) is 1.49. The summed E-state index contributed by atoms with van der Waals surface area (Å²) in [7, 11) is 1.23. The van der Waals surface area contributed by atoms with Gasteiger partial charge in [0.05, 0.1) is 25.3 Å². The Hall–Kier alpha value is -2.08. The molecule has 1 rings (SSSR count). The normalized spacial score (nSPS) is 13.3. The smallest absolute Gasteiger partial charge is 0.338 e. The predicted molar refractivity (Wildman–Crippen MR) is 67.5 cm³/mol. The third kappa shape index (κ3) is 3.69. The third-order valence-electron chi connectivity index (χ3n) is 2.63. The first-order chi connectivity index (χ1) is 9.01. The van der Waals surface area contributed by atoms with Gasteiger partial charge in [-0.3, -0.25) is 0 Å².